The van der Waals surface area contributed by atoms with Crippen molar-refractivity contribution in [1.82, 2.24) is 9.62 Å². The summed E-state index contributed by atoms with van der Waals surface area (Å²) >= 11 is 6.35. The third-order valence-corrected chi connectivity index (χ3v) is 7.13. The number of nitrogens with one attached hydrogen (secondary N) is 1. The summed E-state index contributed by atoms with van der Waals surface area (Å²) in [7, 11) is -1.55. The highest BCUT2D eigenvalue weighted by atomic mass is 35.5. The van der Waals surface area contributed by atoms with Gasteiger partial charge in [-0.25, -0.2) is 13.1 Å². The molecule has 0 bridgehead atoms. The highest BCUT2D eigenvalue weighted by Crippen LogP contribution is 2.37. The van der Waals surface area contributed by atoms with Gasteiger partial charge in [-0.05, 0) is 67.4 Å². The third-order valence-electron chi connectivity index (χ3n) is 5.46. The lowest BCUT2D eigenvalue weighted by Crippen LogP contribution is -2.32. The molecule has 31 heavy (non-hydrogen) atoms. The third kappa shape index (κ3) is 6.28. The molecule has 0 aliphatic carbocycles. The van der Waals surface area contributed by atoms with Crippen molar-refractivity contribution >= 4 is 21.6 Å². The van der Waals surface area contributed by atoms with Crippen LogP contribution in [-0.2, 0) is 26.0 Å². The quantitative estimate of drug-likeness (QED) is 0.542. The number of aryl methyl sites for hydroxylation is 1. The second-order valence-electron chi connectivity index (χ2n) is 7.82. The number of nitrogens with zero attached hydrogens (tertiary/aromatic N) is 1. The van der Waals surface area contributed by atoms with Crippen LogP contribution >= 0.6 is 11.6 Å². The van der Waals surface area contributed by atoms with Crippen LogP contribution in [0, 0.1) is 6.92 Å². The van der Waals surface area contributed by atoms with Crippen LogP contribution in [-0.4, -0.2) is 59.9 Å². The van der Waals surface area contributed by atoms with E-state index in [-0.39, 0.29) is 17.4 Å². The van der Waals surface area contributed by atoms with Crippen LogP contribution in [0.1, 0.15) is 35.1 Å². The average Bonchev–Trinajstić information content (AvgIpc) is 2.73. The van der Waals surface area contributed by atoms with Gasteiger partial charge in [0.25, 0.3) is 0 Å². The normalized spacial score (nSPS) is 17.0. The summed E-state index contributed by atoms with van der Waals surface area (Å²) < 4.78 is 38.8. The monoisotopic (exact) mass is 466 g/mol. The number of fused-ring (bicyclic) bond motifs is 1. The number of likely N-dealkylation sites (N-methyl/N-ethyl adjacent to an activating group) is 1. The zero-order valence-corrected chi connectivity index (χ0v) is 19.9. The summed E-state index contributed by atoms with van der Waals surface area (Å²) in [5.41, 5.74) is 4.56. The van der Waals surface area contributed by atoms with Crippen LogP contribution in [0.25, 0.3) is 0 Å². The van der Waals surface area contributed by atoms with E-state index in [2.05, 4.69) is 23.6 Å². The van der Waals surface area contributed by atoms with E-state index in [1.165, 1.54) is 11.1 Å². The summed E-state index contributed by atoms with van der Waals surface area (Å²) in [6.45, 7) is 7.75. The zero-order chi connectivity index (χ0) is 22.4. The van der Waals surface area contributed by atoms with Crippen LogP contribution in [0.15, 0.2) is 41.3 Å². The first-order valence-corrected chi connectivity index (χ1v) is 12.4. The molecule has 1 heterocycles. The van der Waals surface area contributed by atoms with E-state index in [0.717, 1.165) is 24.2 Å². The molecule has 0 saturated carbocycles. The maximum atomic E-state index is 12.8. The second-order valence-corrected chi connectivity index (χ2v) is 10.0. The Balaban J connectivity index is 1.75. The van der Waals surface area contributed by atoms with Crippen molar-refractivity contribution in [3.8, 4) is 0 Å². The molecule has 1 aliphatic rings. The fraction of sp³-hybridized carbons (Fsp3) is 0.478. The van der Waals surface area contributed by atoms with Gasteiger partial charge in [-0.3, -0.25) is 0 Å². The van der Waals surface area contributed by atoms with E-state index >= 15 is 0 Å². The number of sulfonamides is 1. The lowest BCUT2D eigenvalue weighted by atomic mass is 9.83. The highest BCUT2D eigenvalue weighted by Gasteiger charge is 2.27. The minimum atomic E-state index is -3.63. The van der Waals surface area contributed by atoms with Crippen molar-refractivity contribution in [3.63, 3.8) is 0 Å². The Morgan fingerprint density at radius 1 is 1.16 bits per heavy atom. The van der Waals surface area contributed by atoms with Crippen LogP contribution < -0.4 is 4.72 Å². The Morgan fingerprint density at radius 2 is 1.94 bits per heavy atom. The minimum Gasteiger partial charge on any atom is -0.379 e. The van der Waals surface area contributed by atoms with Crippen molar-refractivity contribution in [1.29, 1.82) is 0 Å². The Kier molecular flexibility index (Phi) is 8.50. The van der Waals surface area contributed by atoms with Crippen LogP contribution in [0.4, 0.5) is 0 Å². The minimum absolute atomic E-state index is 0.0585. The first-order chi connectivity index (χ1) is 14.8. The van der Waals surface area contributed by atoms with Gasteiger partial charge < -0.3 is 14.4 Å². The van der Waals surface area contributed by atoms with Gasteiger partial charge in [0.2, 0.25) is 10.0 Å². The molecular weight excluding hydrogens is 436 g/mol. The van der Waals surface area contributed by atoms with E-state index in [1.54, 1.807) is 18.2 Å². The lowest BCUT2D eigenvalue weighted by molar-refractivity contribution is 0.0552. The van der Waals surface area contributed by atoms with Gasteiger partial charge in [-0.1, -0.05) is 23.7 Å². The fourth-order valence-electron chi connectivity index (χ4n) is 3.95. The molecule has 0 fully saturated rings. The Morgan fingerprint density at radius 3 is 2.71 bits per heavy atom. The SMILES string of the molecule is CCOCCOCCNS(=O)(=O)c1cccc(C2CN(C)Cc3c(C)cc(Cl)cc32)c1. The molecule has 170 valence electrons. The number of hydrogen-bond donors (Lipinski definition) is 1. The molecule has 2 aromatic carbocycles. The van der Waals surface area contributed by atoms with Crippen molar-refractivity contribution < 1.29 is 17.9 Å². The van der Waals surface area contributed by atoms with E-state index in [4.69, 9.17) is 21.1 Å². The molecule has 0 spiro atoms. The lowest BCUT2D eigenvalue weighted by Gasteiger charge is -2.34. The Hall–Kier alpha value is -1.48. The molecule has 8 heteroatoms. The average molecular weight is 467 g/mol. The number of rotatable bonds is 10. The van der Waals surface area contributed by atoms with Gasteiger partial charge in [0.15, 0.2) is 0 Å². The van der Waals surface area contributed by atoms with Crippen LogP contribution in [0.2, 0.25) is 5.02 Å². The van der Waals surface area contributed by atoms with Crippen molar-refractivity contribution in [2.75, 3.05) is 46.6 Å². The summed E-state index contributed by atoms with van der Waals surface area (Å²) in [4.78, 5) is 2.51. The van der Waals surface area contributed by atoms with Gasteiger partial charge >= 0.3 is 0 Å². The largest absolute Gasteiger partial charge is 0.379 e. The maximum Gasteiger partial charge on any atom is 0.240 e. The molecule has 0 radical (unpaired) electrons. The maximum absolute atomic E-state index is 12.8. The Bertz CT molecular complexity index is 997. The first kappa shape index (κ1) is 24.2. The first-order valence-electron chi connectivity index (χ1n) is 10.5. The van der Waals surface area contributed by atoms with Crippen molar-refractivity contribution in [2.24, 2.45) is 0 Å². The molecule has 0 saturated heterocycles. The fourth-order valence-corrected chi connectivity index (χ4v) is 5.30. The molecule has 6 nitrogen and oxygen atoms in total. The highest BCUT2D eigenvalue weighted by molar-refractivity contribution is 7.89. The molecule has 3 rings (SSSR count). The predicted molar refractivity (Wildman–Crippen MR) is 123 cm³/mol. The molecule has 0 aromatic heterocycles. The molecule has 1 N–H and O–H groups in total. The van der Waals surface area contributed by atoms with Gasteiger partial charge in [0.1, 0.15) is 0 Å². The van der Waals surface area contributed by atoms with Gasteiger partial charge in [0, 0.05) is 37.2 Å². The predicted octanol–water partition coefficient (Wildman–Crippen LogP) is 3.56. The van der Waals surface area contributed by atoms with Gasteiger partial charge in [-0.15, -0.1) is 0 Å². The van der Waals surface area contributed by atoms with E-state index in [0.29, 0.717) is 31.5 Å². The summed E-state index contributed by atoms with van der Waals surface area (Å²) in [5, 5.41) is 0.709. The molecule has 1 aliphatic heterocycles. The van der Waals surface area contributed by atoms with Gasteiger partial charge in [0.05, 0.1) is 24.7 Å². The van der Waals surface area contributed by atoms with Crippen molar-refractivity contribution in [3.05, 3.63) is 63.7 Å². The molecule has 1 atom stereocenters. The standard InChI is InChI=1S/C23H31ClN2O4S/c1-4-29-10-11-30-9-8-25-31(27,28)20-7-5-6-18(13-20)23-16-26(3)15-22-17(2)12-19(24)14-21(22)23/h5-7,12-14,23,25H,4,8-11,15-16H2,1-3H3. The summed E-state index contributed by atoms with van der Waals surface area (Å²) in [6, 6.07) is 11.2. The van der Waals surface area contributed by atoms with Crippen LogP contribution in [0.3, 0.4) is 0 Å². The number of benzene rings is 2. The summed E-state index contributed by atoms with van der Waals surface area (Å²) in [6.07, 6.45) is 0. The summed E-state index contributed by atoms with van der Waals surface area (Å²) in [5.74, 6) is 0.0585. The van der Waals surface area contributed by atoms with Crippen molar-refractivity contribution in [2.45, 2.75) is 31.2 Å². The molecular formula is C23H31ClN2O4S. The van der Waals surface area contributed by atoms with Crippen LogP contribution in [0.5, 0.6) is 0 Å². The number of hydrogen-bond acceptors (Lipinski definition) is 5. The van der Waals surface area contributed by atoms with E-state index < -0.39 is 10.0 Å². The molecule has 0 amide bonds. The second kappa shape index (κ2) is 10.9. The van der Waals surface area contributed by atoms with E-state index in [1.807, 2.05) is 25.1 Å². The zero-order valence-electron chi connectivity index (χ0n) is 18.4. The smallest absolute Gasteiger partial charge is 0.240 e. The molecule has 2 aromatic rings. The number of halogens is 1. The topological polar surface area (TPSA) is 67.9 Å². The van der Waals surface area contributed by atoms with E-state index in [9.17, 15) is 8.42 Å². The van der Waals surface area contributed by atoms with Gasteiger partial charge in [-0.2, -0.15) is 0 Å². The Labute approximate surface area is 190 Å². The number of ether oxygens (including phenoxy) is 2. The molecule has 1 unspecified atom stereocenters.